The Labute approximate surface area is 94.0 Å². The summed E-state index contributed by atoms with van der Waals surface area (Å²) in [5.41, 5.74) is 0.576. The molecule has 15 heavy (non-hydrogen) atoms. The Morgan fingerprint density at radius 2 is 1.73 bits per heavy atom. The molecular formula is C12H26N2O. The van der Waals surface area contributed by atoms with Crippen LogP contribution < -0.4 is 10.6 Å². The van der Waals surface area contributed by atoms with Gasteiger partial charge in [0.25, 0.3) is 0 Å². The van der Waals surface area contributed by atoms with Gasteiger partial charge in [-0.05, 0) is 18.3 Å². The minimum atomic E-state index is 0.576. The number of methoxy groups -OCH3 is 1. The SMILES string of the molecule is COCCNCCNCC1(C)CCCC1. The van der Waals surface area contributed by atoms with E-state index in [1.165, 1.54) is 32.2 Å². The van der Waals surface area contributed by atoms with Crippen LogP contribution in [-0.4, -0.2) is 39.9 Å². The Balaban J connectivity index is 1.88. The van der Waals surface area contributed by atoms with E-state index in [1.807, 2.05) is 0 Å². The molecule has 0 saturated heterocycles. The zero-order valence-corrected chi connectivity index (χ0v) is 10.3. The van der Waals surface area contributed by atoms with Gasteiger partial charge in [-0.25, -0.2) is 0 Å². The number of nitrogens with one attached hydrogen (secondary N) is 2. The fraction of sp³-hybridized carbons (Fsp3) is 1.00. The van der Waals surface area contributed by atoms with Gasteiger partial charge in [-0.3, -0.25) is 0 Å². The highest BCUT2D eigenvalue weighted by molar-refractivity contribution is 4.82. The van der Waals surface area contributed by atoms with E-state index in [0.29, 0.717) is 5.41 Å². The van der Waals surface area contributed by atoms with Gasteiger partial charge in [0.15, 0.2) is 0 Å². The Kier molecular flexibility index (Phi) is 6.22. The van der Waals surface area contributed by atoms with Crippen LogP contribution in [0.2, 0.25) is 0 Å². The average Bonchev–Trinajstić information content (AvgIpc) is 2.64. The van der Waals surface area contributed by atoms with Crippen molar-refractivity contribution in [2.24, 2.45) is 5.41 Å². The van der Waals surface area contributed by atoms with Gasteiger partial charge in [0, 0.05) is 33.3 Å². The maximum Gasteiger partial charge on any atom is 0.0587 e. The lowest BCUT2D eigenvalue weighted by atomic mass is 9.89. The number of ether oxygens (including phenoxy) is 1. The highest BCUT2D eigenvalue weighted by Crippen LogP contribution is 2.36. The maximum atomic E-state index is 4.96. The van der Waals surface area contributed by atoms with Gasteiger partial charge < -0.3 is 15.4 Å². The van der Waals surface area contributed by atoms with Crippen LogP contribution in [0.4, 0.5) is 0 Å². The van der Waals surface area contributed by atoms with E-state index in [1.54, 1.807) is 7.11 Å². The third-order valence-corrected chi connectivity index (χ3v) is 3.32. The number of rotatable bonds is 8. The molecule has 1 fully saturated rings. The zero-order valence-electron chi connectivity index (χ0n) is 10.3. The lowest BCUT2D eigenvalue weighted by molar-refractivity contribution is 0.199. The van der Waals surface area contributed by atoms with Gasteiger partial charge in [-0.1, -0.05) is 19.8 Å². The van der Waals surface area contributed by atoms with E-state index < -0.39 is 0 Å². The van der Waals surface area contributed by atoms with Crippen LogP contribution in [0.1, 0.15) is 32.6 Å². The van der Waals surface area contributed by atoms with Crippen molar-refractivity contribution >= 4 is 0 Å². The van der Waals surface area contributed by atoms with Crippen molar-refractivity contribution in [2.45, 2.75) is 32.6 Å². The van der Waals surface area contributed by atoms with Gasteiger partial charge in [0.1, 0.15) is 0 Å². The first-order valence-electron chi connectivity index (χ1n) is 6.17. The standard InChI is InChI=1S/C12H26N2O/c1-12(5-3-4-6-12)11-14-8-7-13-9-10-15-2/h13-14H,3-11H2,1-2H3. The highest BCUT2D eigenvalue weighted by atomic mass is 16.5. The van der Waals surface area contributed by atoms with Gasteiger partial charge >= 0.3 is 0 Å². The monoisotopic (exact) mass is 214 g/mol. The predicted octanol–water partition coefficient (Wildman–Crippen LogP) is 1.39. The summed E-state index contributed by atoms with van der Waals surface area (Å²) in [5, 5.41) is 6.88. The number of hydrogen-bond donors (Lipinski definition) is 2. The third-order valence-electron chi connectivity index (χ3n) is 3.32. The van der Waals surface area contributed by atoms with E-state index in [-0.39, 0.29) is 0 Å². The van der Waals surface area contributed by atoms with E-state index in [0.717, 1.165) is 26.2 Å². The quantitative estimate of drug-likeness (QED) is 0.599. The van der Waals surface area contributed by atoms with E-state index >= 15 is 0 Å². The lowest BCUT2D eigenvalue weighted by Crippen LogP contribution is -2.35. The lowest BCUT2D eigenvalue weighted by Gasteiger charge is -2.23. The molecule has 0 bridgehead atoms. The van der Waals surface area contributed by atoms with E-state index in [9.17, 15) is 0 Å². The summed E-state index contributed by atoms with van der Waals surface area (Å²) in [6.45, 7) is 7.45. The predicted molar refractivity (Wildman–Crippen MR) is 64.2 cm³/mol. The van der Waals surface area contributed by atoms with Crippen LogP contribution in [0, 0.1) is 5.41 Å². The van der Waals surface area contributed by atoms with Crippen molar-refractivity contribution in [2.75, 3.05) is 39.9 Å². The Hall–Kier alpha value is -0.120. The summed E-state index contributed by atoms with van der Waals surface area (Å²) in [7, 11) is 1.74. The first kappa shape index (κ1) is 12.9. The second kappa shape index (κ2) is 7.20. The summed E-state index contributed by atoms with van der Waals surface area (Å²) in [5.74, 6) is 0. The topological polar surface area (TPSA) is 33.3 Å². The average molecular weight is 214 g/mol. The maximum absolute atomic E-state index is 4.96. The van der Waals surface area contributed by atoms with E-state index in [2.05, 4.69) is 17.6 Å². The molecule has 0 radical (unpaired) electrons. The Morgan fingerprint density at radius 1 is 1.07 bits per heavy atom. The molecule has 3 heteroatoms. The van der Waals surface area contributed by atoms with Gasteiger partial charge in [-0.15, -0.1) is 0 Å². The molecule has 1 aliphatic rings. The zero-order chi connectivity index (χ0) is 11.0. The van der Waals surface area contributed by atoms with Crippen LogP contribution in [0.5, 0.6) is 0 Å². The van der Waals surface area contributed by atoms with Crippen LogP contribution in [-0.2, 0) is 4.74 Å². The molecule has 0 spiro atoms. The van der Waals surface area contributed by atoms with Crippen molar-refractivity contribution in [3.8, 4) is 0 Å². The number of hydrogen-bond acceptors (Lipinski definition) is 3. The molecule has 1 saturated carbocycles. The summed E-state index contributed by atoms with van der Waals surface area (Å²) >= 11 is 0. The molecule has 0 atom stereocenters. The van der Waals surface area contributed by atoms with Crippen molar-refractivity contribution < 1.29 is 4.74 Å². The van der Waals surface area contributed by atoms with Gasteiger partial charge in [-0.2, -0.15) is 0 Å². The van der Waals surface area contributed by atoms with Gasteiger partial charge in [0.2, 0.25) is 0 Å². The molecule has 0 aliphatic heterocycles. The summed E-state index contributed by atoms with van der Waals surface area (Å²) in [4.78, 5) is 0. The van der Waals surface area contributed by atoms with Crippen LogP contribution in [0.15, 0.2) is 0 Å². The highest BCUT2D eigenvalue weighted by Gasteiger charge is 2.27. The Morgan fingerprint density at radius 3 is 2.40 bits per heavy atom. The Bertz CT molecular complexity index is 156. The van der Waals surface area contributed by atoms with Crippen LogP contribution in [0.3, 0.4) is 0 Å². The molecule has 3 nitrogen and oxygen atoms in total. The van der Waals surface area contributed by atoms with Crippen molar-refractivity contribution in [3.63, 3.8) is 0 Å². The van der Waals surface area contributed by atoms with Crippen molar-refractivity contribution in [1.29, 1.82) is 0 Å². The van der Waals surface area contributed by atoms with Crippen LogP contribution >= 0.6 is 0 Å². The molecule has 0 amide bonds. The molecule has 0 aromatic rings. The second-order valence-corrected chi connectivity index (χ2v) is 4.94. The minimum Gasteiger partial charge on any atom is -0.383 e. The smallest absolute Gasteiger partial charge is 0.0587 e. The first-order valence-corrected chi connectivity index (χ1v) is 6.17. The summed E-state index contributed by atoms with van der Waals surface area (Å²) in [6.07, 6.45) is 5.64. The summed E-state index contributed by atoms with van der Waals surface area (Å²) in [6, 6.07) is 0. The molecule has 1 rings (SSSR count). The van der Waals surface area contributed by atoms with Gasteiger partial charge in [0.05, 0.1) is 6.61 Å². The first-order chi connectivity index (χ1) is 7.27. The van der Waals surface area contributed by atoms with Crippen molar-refractivity contribution in [3.05, 3.63) is 0 Å². The molecule has 0 unspecified atom stereocenters. The largest absolute Gasteiger partial charge is 0.383 e. The second-order valence-electron chi connectivity index (χ2n) is 4.94. The fourth-order valence-electron chi connectivity index (χ4n) is 2.27. The fourth-order valence-corrected chi connectivity index (χ4v) is 2.27. The summed E-state index contributed by atoms with van der Waals surface area (Å²) < 4.78 is 4.96. The molecule has 2 N–H and O–H groups in total. The third kappa shape index (κ3) is 5.50. The van der Waals surface area contributed by atoms with Crippen molar-refractivity contribution in [1.82, 2.24) is 10.6 Å². The molecule has 0 heterocycles. The minimum absolute atomic E-state index is 0.576. The molecule has 0 aromatic heterocycles. The van der Waals surface area contributed by atoms with Crippen LogP contribution in [0.25, 0.3) is 0 Å². The molecular weight excluding hydrogens is 188 g/mol. The molecule has 90 valence electrons. The molecule has 0 aromatic carbocycles. The van der Waals surface area contributed by atoms with E-state index in [4.69, 9.17) is 4.74 Å². The molecule has 1 aliphatic carbocycles. The normalized spacial score (nSPS) is 19.6.